The molecule has 26 heavy (non-hydrogen) atoms. The third kappa shape index (κ3) is 4.29. The summed E-state index contributed by atoms with van der Waals surface area (Å²) in [7, 11) is 0. The first-order valence-electron chi connectivity index (χ1n) is 8.96. The molecule has 5 heteroatoms. The molecule has 0 saturated carbocycles. The number of aryl methyl sites for hydroxylation is 2. The third-order valence-electron chi connectivity index (χ3n) is 4.96. The molecule has 1 heterocycles. The smallest absolute Gasteiger partial charge is 0.254 e. The number of hydrogen-bond acceptors (Lipinski definition) is 3. The lowest BCUT2D eigenvalue weighted by Gasteiger charge is -2.36. The molecule has 0 spiro atoms. The Labute approximate surface area is 153 Å². The van der Waals surface area contributed by atoms with E-state index in [2.05, 4.69) is 4.90 Å². The molecule has 138 valence electrons. The maximum Gasteiger partial charge on any atom is 0.254 e. The monoisotopic (exact) mass is 356 g/mol. The van der Waals surface area contributed by atoms with E-state index in [4.69, 9.17) is 0 Å². The van der Waals surface area contributed by atoms with Crippen LogP contribution in [0.25, 0.3) is 0 Å². The van der Waals surface area contributed by atoms with E-state index in [9.17, 15) is 14.3 Å². The zero-order chi connectivity index (χ0) is 18.7. The van der Waals surface area contributed by atoms with Gasteiger partial charge < -0.3 is 10.0 Å². The van der Waals surface area contributed by atoms with E-state index in [0.29, 0.717) is 38.3 Å². The summed E-state index contributed by atoms with van der Waals surface area (Å²) >= 11 is 0. The fourth-order valence-corrected chi connectivity index (χ4v) is 3.40. The van der Waals surface area contributed by atoms with Crippen LogP contribution in [-0.2, 0) is 0 Å². The highest BCUT2D eigenvalue weighted by molar-refractivity contribution is 5.94. The highest BCUT2D eigenvalue weighted by Crippen LogP contribution is 2.21. The number of aliphatic hydroxyl groups excluding tert-OH is 1. The molecule has 0 aliphatic carbocycles. The summed E-state index contributed by atoms with van der Waals surface area (Å²) in [6.45, 7) is 7.13. The zero-order valence-electron chi connectivity index (χ0n) is 15.3. The number of β-amino-alcohol motifs (C(OH)–C–C–N with tert-alkyl or cyclic N) is 1. The average molecular weight is 356 g/mol. The number of benzene rings is 2. The maximum atomic E-state index is 13.3. The molecule has 1 saturated heterocycles. The molecule has 4 nitrogen and oxygen atoms in total. The number of carbonyl (C=O) groups is 1. The van der Waals surface area contributed by atoms with E-state index in [1.54, 1.807) is 17.0 Å². The van der Waals surface area contributed by atoms with E-state index in [-0.39, 0.29) is 5.91 Å². The van der Waals surface area contributed by atoms with Crippen LogP contribution in [0.1, 0.15) is 33.2 Å². The van der Waals surface area contributed by atoms with E-state index >= 15 is 0 Å². The van der Waals surface area contributed by atoms with Gasteiger partial charge in [-0.3, -0.25) is 9.69 Å². The number of carbonyl (C=O) groups excluding carboxylic acids is 1. The first-order chi connectivity index (χ1) is 12.4. The molecule has 1 aliphatic heterocycles. The van der Waals surface area contributed by atoms with Crippen LogP contribution in [0.2, 0.25) is 0 Å². The molecular weight excluding hydrogens is 331 g/mol. The van der Waals surface area contributed by atoms with Gasteiger partial charge in [-0.1, -0.05) is 29.8 Å². The summed E-state index contributed by atoms with van der Waals surface area (Å²) in [6.07, 6.45) is -0.541. The molecular formula is C21H25FN2O2. The Balaban J connectivity index is 1.57. The van der Waals surface area contributed by atoms with Crippen molar-refractivity contribution in [2.75, 3.05) is 32.7 Å². The summed E-state index contributed by atoms with van der Waals surface area (Å²) in [5.41, 5.74) is 3.57. The summed E-state index contributed by atoms with van der Waals surface area (Å²) in [5, 5.41) is 10.6. The Hall–Kier alpha value is -2.24. The molecule has 2 aromatic carbocycles. The van der Waals surface area contributed by atoms with Crippen LogP contribution >= 0.6 is 0 Å². The Morgan fingerprint density at radius 3 is 2.54 bits per heavy atom. The zero-order valence-corrected chi connectivity index (χ0v) is 15.3. The summed E-state index contributed by atoms with van der Waals surface area (Å²) in [6, 6.07) is 11.9. The fourth-order valence-electron chi connectivity index (χ4n) is 3.40. The van der Waals surface area contributed by atoms with Crippen molar-refractivity contribution in [3.63, 3.8) is 0 Å². The minimum atomic E-state index is -0.541. The molecule has 0 radical (unpaired) electrons. The first-order valence-corrected chi connectivity index (χ1v) is 8.96. The van der Waals surface area contributed by atoms with Crippen LogP contribution in [-0.4, -0.2) is 53.5 Å². The van der Waals surface area contributed by atoms with E-state index in [0.717, 1.165) is 16.7 Å². The van der Waals surface area contributed by atoms with E-state index in [1.807, 2.05) is 32.0 Å². The van der Waals surface area contributed by atoms with Crippen LogP contribution < -0.4 is 0 Å². The number of piperazine rings is 1. The lowest BCUT2D eigenvalue weighted by atomic mass is 10.0. The second kappa shape index (κ2) is 7.98. The van der Waals surface area contributed by atoms with Crippen LogP contribution in [0.5, 0.6) is 0 Å². The van der Waals surface area contributed by atoms with Gasteiger partial charge in [0.15, 0.2) is 0 Å². The van der Waals surface area contributed by atoms with Gasteiger partial charge >= 0.3 is 0 Å². The van der Waals surface area contributed by atoms with Gasteiger partial charge in [-0.15, -0.1) is 0 Å². The van der Waals surface area contributed by atoms with Crippen molar-refractivity contribution in [2.45, 2.75) is 20.0 Å². The van der Waals surface area contributed by atoms with Crippen molar-refractivity contribution in [3.8, 4) is 0 Å². The van der Waals surface area contributed by atoms with Crippen LogP contribution in [0.4, 0.5) is 4.39 Å². The molecule has 3 rings (SSSR count). The molecule has 0 aromatic heterocycles. The van der Waals surface area contributed by atoms with Crippen molar-refractivity contribution in [1.29, 1.82) is 0 Å². The van der Waals surface area contributed by atoms with E-state index in [1.165, 1.54) is 12.1 Å². The molecule has 1 aliphatic rings. The largest absolute Gasteiger partial charge is 0.387 e. The second-order valence-electron chi connectivity index (χ2n) is 6.98. The van der Waals surface area contributed by atoms with Gasteiger partial charge in [0.1, 0.15) is 5.82 Å². The van der Waals surface area contributed by atoms with Gasteiger partial charge in [0.2, 0.25) is 0 Å². The second-order valence-corrected chi connectivity index (χ2v) is 6.98. The van der Waals surface area contributed by atoms with Crippen molar-refractivity contribution >= 4 is 5.91 Å². The standard InChI is InChI=1S/C21H25FN2O2/c1-15-6-7-16(2)19(12-15)20(25)14-23-8-10-24(11-9-23)21(26)17-4-3-5-18(22)13-17/h3-7,12-13,20,25H,8-11,14H2,1-2H3/t20-/m1/s1. The summed E-state index contributed by atoms with van der Waals surface area (Å²) in [5.74, 6) is -0.537. The van der Waals surface area contributed by atoms with Gasteiger partial charge in [-0.2, -0.15) is 0 Å². The first kappa shape index (κ1) is 18.5. The van der Waals surface area contributed by atoms with Crippen LogP contribution in [0.15, 0.2) is 42.5 Å². The van der Waals surface area contributed by atoms with Gasteiger partial charge in [-0.25, -0.2) is 4.39 Å². The summed E-state index contributed by atoms with van der Waals surface area (Å²) in [4.78, 5) is 16.4. The Kier molecular flexibility index (Phi) is 5.69. The Morgan fingerprint density at radius 2 is 1.85 bits per heavy atom. The fraction of sp³-hybridized carbons (Fsp3) is 0.381. The number of halogens is 1. The predicted molar refractivity (Wildman–Crippen MR) is 99.6 cm³/mol. The van der Waals surface area contributed by atoms with Crippen LogP contribution in [0, 0.1) is 19.7 Å². The highest BCUT2D eigenvalue weighted by atomic mass is 19.1. The SMILES string of the molecule is Cc1ccc(C)c([C@H](O)CN2CCN(C(=O)c3cccc(F)c3)CC2)c1. The van der Waals surface area contributed by atoms with E-state index < -0.39 is 11.9 Å². The molecule has 1 amide bonds. The molecule has 1 N–H and O–H groups in total. The lowest BCUT2D eigenvalue weighted by Crippen LogP contribution is -2.49. The lowest BCUT2D eigenvalue weighted by molar-refractivity contribution is 0.0526. The maximum absolute atomic E-state index is 13.3. The number of rotatable bonds is 4. The van der Waals surface area contributed by atoms with Gasteiger partial charge in [0.25, 0.3) is 5.91 Å². The third-order valence-corrected chi connectivity index (χ3v) is 4.96. The molecule has 0 bridgehead atoms. The van der Waals surface area contributed by atoms with Crippen molar-refractivity contribution < 1.29 is 14.3 Å². The van der Waals surface area contributed by atoms with Gasteiger partial charge in [0.05, 0.1) is 6.10 Å². The van der Waals surface area contributed by atoms with Crippen molar-refractivity contribution in [3.05, 3.63) is 70.5 Å². The van der Waals surface area contributed by atoms with Gasteiger partial charge in [0, 0.05) is 38.3 Å². The normalized spacial score (nSPS) is 16.5. The van der Waals surface area contributed by atoms with Crippen molar-refractivity contribution in [1.82, 2.24) is 9.80 Å². The number of hydrogen-bond donors (Lipinski definition) is 1. The molecule has 0 unspecified atom stereocenters. The number of nitrogens with zero attached hydrogens (tertiary/aromatic N) is 2. The Morgan fingerprint density at radius 1 is 1.12 bits per heavy atom. The number of amides is 1. The van der Waals surface area contributed by atoms with Crippen molar-refractivity contribution in [2.24, 2.45) is 0 Å². The molecule has 2 aromatic rings. The highest BCUT2D eigenvalue weighted by Gasteiger charge is 2.24. The van der Waals surface area contributed by atoms with Gasteiger partial charge in [-0.05, 0) is 43.2 Å². The molecule has 1 fully saturated rings. The summed E-state index contributed by atoms with van der Waals surface area (Å²) < 4.78 is 13.3. The minimum absolute atomic E-state index is 0.140. The van der Waals surface area contributed by atoms with Crippen LogP contribution in [0.3, 0.4) is 0 Å². The topological polar surface area (TPSA) is 43.8 Å². The molecule has 1 atom stereocenters. The minimum Gasteiger partial charge on any atom is -0.387 e. The number of aliphatic hydroxyl groups is 1. The quantitative estimate of drug-likeness (QED) is 0.916. The predicted octanol–water partition coefficient (Wildman–Crippen LogP) is 2.93. The average Bonchev–Trinajstić information content (AvgIpc) is 2.63. The Bertz CT molecular complexity index is 785.